The van der Waals surface area contributed by atoms with Gasteiger partial charge in [0.05, 0.1) is 39.9 Å². The standard InChI is InChI=1S/C83H145N2O6P/c1-6-8-10-12-14-16-18-20-22-24-26-28-30-32-34-36-37-38-39-40-41-42-43-44-45-46-47-49-51-53-55-57-59-61-63-65-67-69-71-73-75-77-83(87)84-81(80-91-92(88,89)90-79-78-85(3,4)5)82(86)76-74-72-70-68-66-64-62-60-58-56-54-52-50-48-35-33-31-29-27-25-23-21-19-17-15-13-11-9-7-2/h8,10,14,16,20,22,26,28,32,34,37-38,40-41,43-44,46-47,51,53,57,59,74,76,81-82,86H,6-7,9,11-13,15,17-19,21,23-25,27,29-31,33,35-36,39,42,45,48-50,52,54-56,58,60-73,75,77-80H2,1-5H3,(H-,84,87,88,89)/p+1/b10-8-,16-14-,22-20-,28-26-,34-32-,38-37-,41-40-,44-43-,47-46-,53-51-,59-57-,76-74+. The van der Waals surface area contributed by atoms with Gasteiger partial charge in [0.1, 0.15) is 13.2 Å². The molecule has 0 aromatic rings. The fourth-order valence-electron chi connectivity index (χ4n) is 10.7. The minimum absolute atomic E-state index is 0.0528. The van der Waals surface area contributed by atoms with Crippen LogP contribution in [0.3, 0.4) is 0 Å². The smallest absolute Gasteiger partial charge is 0.387 e. The summed E-state index contributed by atoms with van der Waals surface area (Å²) < 4.78 is 23.8. The molecule has 0 rings (SSSR count). The molecule has 0 fully saturated rings. The van der Waals surface area contributed by atoms with E-state index < -0.39 is 20.0 Å². The Hall–Kier alpha value is -3.62. The number of aliphatic hydroxyl groups is 1. The van der Waals surface area contributed by atoms with Crippen LogP contribution >= 0.6 is 7.82 Å². The Kier molecular flexibility index (Phi) is 68.8. The molecule has 0 radical (unpaired) electrons. The summed E-state index contributed by atoms with van der Waals surface area (Å²) in [4.78, 5) is 23.5. The Balaban J connectivity index is 4.13. The van der Waals surface area contributed by atoms with Gasteiger partial charge in [0.15, 0.2) is 0 Å². The van der Waals surface area contributed by atoms with Crippen LogP contribution in [0.1, 0.15) is 322 Å². The first-order chi connectivity index (χ1) is 45.0. The van der Waals surface area contributed by atoms with E-state index in [1.54, 1.807) is 6.08 Å². The molecular formula is C83H146N2O6P+. The van der Waals surface area contributed by atoms with E-state index in [1.807, 2.05) is 27.2 Å². The number of carbonyl (C=O) groups excluding carboxylic acids is 1. The van der Waals surface area contributed by atoms with Crippen molar-refractivity contribution in [1.82, 2.24) is 5.32 Å². The van der Waals surface area contributed by atoms with Crippen molar-refractivity contribution in [3.8, 4) is 0 Å². The summed E-state index contributed by atoms with van der Waals surface area (Å²) in [7, 11) is 1.55. The number of carbonyl (C=O) groups is 1. The van der Waals surface area contributed by atoms with Crippen molar-refractivity contribution >= 4 is 13.7 Å². The molecule has 0 aliphatic rings. The Labute approximate surface area is 569 Å². The highest BCUT2D eigenvalue weighted by atomic mass is 31.2. The van der Waals surface area contributed by atoms with Crippen LogP contribution in [0.25, 0.3) is 0 Å². The first-order valence-corrected chi connectivity index (χ1v) is 39.7. The predicted molar refractivity (Wildman–Crippen MR) is 405 cm³/mol. The highest BCUT2D eigenvalue weighted by molar-refractivity contribution is 7.47. The molecule has 0 saturated heterocycles. The highest BCUT2D eigenvalue weighted by Gasteiger charge is 2.28. The summed E-state index contributed by atoms with van der Waals surface area (Å²) in [5, 5.41) is 14.0. The third-order valence-electron chi connectivity index (χ3n) is 16.6. The SMILES string of the molecule is CC/C=C\C/C=C\C/C=C\C/C=C\C/C=C\C/C=C\C/C=C\C/C=C\C/C=C\C/C=C\C/C=C\CCCCCCCCCC(=O)NC(COP(=O)(O)OCC[N+](C)(C)C)C(O)/C=C/CCCCCCCCCCCCCCCCCCCCCCCCCCCCC. The minimum Gasteiger partial charge on any atom is -0.387 e. The molecule has 0 aromatic heterocycles. The maximum Gasteiger partial charge on any atom is 0.472 e. The first kappa shape index (κ1) is 88.4. The molecule has 9 heteroatoms. The third-order valence-corrected chi connectivity index (χ3v) is 17.5. The largest absolute Gasteiger partial charge is 0.472 e. The number of nitrogens with one attached hydrogen (secondary N) is 1. The number of allylic oxidation sites excluding steroid dienone is 23. The lowest BCUT2D eigenvalue weighted by Crippen LogP contribution is -2.45. The molecule has 528 valence electrons. The summed E-state index contributed by atoms with van der Waals surface area (Å²) >= 11 is 0. The highest BCUT2D eigenvalue weighted by Crippen LogP contribution is 2.43. The van der Waals surface area contributed by atoms with Crippen molar-refractivity contribution < 1.29 is 32.9 Å². The average Bonchev–Trinajstić information content (AvgIpc) is 2.63. The van der Waals surface area contributed by atoms with Gasteiger partial charge in [-0.2, -0.15) is 0 Å². The van der Waals surface area contributed by atoms with Crippen LogP contribution in [0, 0.1) is 0 Å². The lowest BCUT2D eigenvalue weighted by Gasteiger charge is -2.25. The van der Waals surface area contributed by atoms with Crippen LogP contribution in [-0.2, 0) is 18.4 Å². The predicted octanol–water partition coefficient (Wildman–Crippen LogP) is 25.1. The van der Waals surface area contributed by atoms with Gasteiger partial charge in [0.2, 0.25) is 5.91 Å². The van der Waals surface area contributed by atoms with Gasteiger partial charge in [-0.3, -0.25) is 13.8 Å². The fraction of sp³-hybridized carbons (Fsp3) is 0.699. The lowest BCUT2D eigenvalue weighted by molar-refractivity contribution is -0.870. The van der Waals surface area contributed by atoms with Crippen molar-refractivity contribution in [2.75, 3.05) is 40.9 Å². The molecule has 0 saturated carbocycles. The number of hydrogen-bond acceptors (Lipinski definition) is 5. The van der Waals surface area contributed by atoms with Crippen LogP contribution in [0.15, 0.2) is 146 Å². The zero-order valence-corrected chi connectivity index (χ0v) is 61.4. The Morgan fingerprint density at radius 3 is 0.957 bits per heavy atom. The van der Waals surface area contributed by atoms with Crippen LogP contribution in [0.4, 0.5) is 0 Å². The number of phosphoric acid groups is 1. The number of nitrogens with zero attached hydrogens (tertiary/aromatic N) is 1. The Bertz CT molecular complexity index is 2020. The molecule has 1 amide bonds. The second kappa shape index (κ2) is 71.7. The number of rotatable bonds is 69. The van der Waals surface area contributed by atoms with Crippen molar-refractivity contribution in [3.05, 3.63) is 146 Å². The Morgan fingerprint density at radius 2 is 0.652 bits per heavy atom. The zero-order valence-electron chi connectivity index (χ0n) is 60.5. The monoisotopic (exact) mass is 1300 g/mol. The van der Waals surface area contributed by atoms with Gasteiger partial charge in [-0.1, -0.05) is 359 Å². The van der Waals surface area contributed by atoms with Crippen LogP contribution in [0.2, 0.25) is 0 Å². The molecule has 0 aliphatic carbocycles. The van der Waals surface area contributed by atoms with Gasteiger partial charge in [-0.15, -0.1) is 0 Å². The molecule has 0 heterocycles. The third kappa shape index (κ3) is 73.8. The fourth-order valence-corrected chi connectivity index (χ4v) is 11.4. The molecular weight excluding hydrogens is 1150 g/mol. The number of unbranched alkanes of at least 4 members (excludes halogenated alkanes) is 34. The van der Waals surface area contributed by atoms with Gasteiger partial charge in [-0.05, 0) is 103 Å². The van der Waals surface area contributed by atoms with Gasteiger partial charge in [0, 0.05) is 6.42 Å². The normalized spacial score (nSPS) is 14.4. The summed E-state index contributed by atoms with van der Waals surface area (Å²) in [5.41, 5.74) is 0. The van der Waals surface area contributed by atoms with Crippen molar-refractivity contribution in [2.24, 2.45) is 0 Å². The van der Waals surface area contributed by atoms with E-state index in [4.69, 9.17) is 9.05 Å². The number of likely N-dealkylation sites (N-methyl/N-ethyl adjacent to an activating group) is 1. The molecule has 0 aliphatic heterocycles. The van der Waals surface area contributed by atoms with Crippen LogP contribution in [0.5, 0.6) is 0 Å². The van der Waals surface area contributed by atoms with E-state index in [9.17, 15) is 19.4 Å². The van der Waals surface area contributed by atoms with Crippen LogP contribution < -0.4 is 5.32 Å². The number of hydrogen-bond donors (Lipinski definition) is 3. The van der Waals surface area contributed by atoms with Gasteiger partial charge < -0.3 is 19.8 Å². The molecule has 8 nitrogen and oxygen atoms in total. The number of aliphatic hydroxyl groups excluding tert-OH is 1. The van der Waals surface area contributed by atoms with E-state index in [0.29, 0.717) is 17.4 Å². The van der Waals surface area contributed by atoms with Crippen molar-refractivity contribution in [2.45, 2.75) is 334 Å². The molecule has 0 aromatic carbocycles. The van der Waals surface area contributed by atoms with Crippen molar-refractivity contribution in [3.63, 3.8) is 0 Å². The number of phosphoric ester groups is 1. The van der Waals surface area contributed by atoms with Crippen molar-refractivity contribution in [1.29, 1.82) is 0 Å². The van der Waals surface area contributed by atoms with E-state index in [0.717, 1.165) is 122 Å². The summed E-state index contributed by atoms with van der Waals surface area (Å²) in [5.74, 6) is -0.190. The molecule has 0 bridgehead atoms. The van der Waals surface area contributed by atoms with Gasteiger partial charge >= 0.3 is 7.82 Å². The second-order valence-electron chi connectivity index (χ2n) is 26.6. The average molecular weight is 1300 g/mol. The minimum atomic E-state index is -4.37. The maximum absolute atomic E-state index is 13.1. The summed E-state index contributed by atoms with van der Waals surface area (Å²) in [6.07, 6.45) is 110. The molecule has 3 unspecified atom stereocenters. The number of amides is 1. The maximum atomic E-state index is 13.1. The van der Waals surface area contributed by atoms with E-state index in [2.05, 4.69) is 153 Å². The van der Waals surface area contributed by atoms with E-state index in [-0.39, 0.29) is 19.1 Å². The summed E-state index contributed by atoms with van der Waals surface area (Å²) in [6.45, 7) is 4.71. The molecule has 0 spiro atoms. The van der Waals surface area contributed by atoms with E-state index in [1.165, 1.54) is 180 Å². The lowest BCUT2D eigenvalue weighted by atomic mass is 10.0. The topological polar surface area (TPSA) is 105 Å². The number of quaternary nitrogens is 1. The Morgan fingerprint density at radius 1 is 0.380 bits per heavy atom. The zero-order chi connectivity index (χ0) is 66.9. The van der Waals surface area contributed by atoms with E-state index >= 15 is 0 Å². The van der Waals surface area contributed by atoms with Gasteiger partial charge in [0.25, 0.3) is 0 Å². The first-order valence-electron chi connectivity index (χ1n) is 38.2. The second-order valence-corrected chi connectivity index (χ2v) is 28.1. The summed E-state index contributed by atoms with van der Waals surface area (Å²) in [6, 6.07) is -0.865. The molecule has 3 atom stereocenters. The van der Waals surface area contributed by atoms with Gasteiger partial charge in [-0.25, -0.2) is 4.57 Å². The quantitative estimate of drug-likeness (QED) is 0.0243. The molecule has 3 N–H and O–H groups in total. The molecule has 92 heavy (non-hydrogen) atoms. The van der Waals surface area contributed by atoms with Crippen LogP contribution in [-0.4, -0.2) is 73.4 Å².